The SMILES string of the molecule is CC#CC(C)(C)NC(=O)C(Oc1ccc2nc(Cl)sc2c1)SC. The van der Waals surface area contributed by atoms with E-state index in [1.54, 1.807) is 13.0 Å². The van der Waals surface area contributed by atoms with Crippen LogP contribution >= 0.6 is 34.7 Å². The van der Waals surface area contributed by atoms with E-state index in [-0.39, 0.29) is 5.91 Å². The van der Waals surface area contributed by atoms with Gasteiger partial charge in [0.1, 0.15) is 5.75 Å². The highest BCUT2D eigenvalue weighted by Gasteiger charge is 2.25. The molecule has 0 aliphatic rings. The molecule has 2 aromatic rings. The minimum Gasteiger partial charge on any atom is -0.470 e. The number of ether oxygens (including phenoxy) is 1. The molecule has 0 saturated heterocycles. The fraction of sp³-hybridized carbons (Fsp3) is 0.375. The number of fused-ring (bicyclic) bond motifs is 1. The molecule has 0 aliphatic heterocycles. The first kappa shape index (κ1) is 17.9. The number of halogens is 1. The van der Waals surface area contributed by atoms with Crippen molar-refractivity contribution in [1.82, 2.24) is 10.3 Å². The van der Waals surface area contributed by atoms with Crippen LogP contribution < -0.4 is 10.1 Å². The minimum absolute atomic E-state index is 0.215. The highest BCUT2D eigenvalue weighted by atomic mass is 35.5. The van der Waals surface area contributed by atoms with E-state index in [1.165, 1.54) is 23.1 Å². The molecule has 122 valence electrons. The van der Waals surface area contributed by atoms with Crippen LogP contribution in [0.5, 0.6) is 5.75 Å². The number of aromatic nitrogens is 1. The Morgan fingerprint density at radius 1 is 1.52 bits per heavy atom. The number of thioether (sulfide) groups is 1. The van der Waals surface area contributed by atoms with E-state index < -0.39 is 11.0 Å². The Balaban J connectivity index is 2.13. The molecule has 0 spiro atoms. The third-order valence-corrected chi connectivity index (χ3v) is 4.74. The third-order valence-electron chi connectivity index (χ3n) is 2.88. The summed E-state index contributed by atoms with van der Waals surface area (Å²) in [5.74, 6) is 6.15. The van der Waals surface area contributed by atoms with Gasteiger partial charge in [0.05, 0.1) is 15.8 Å². The van der Waals surface area contributed by atoms with E-state index in [0.717, 1.165) is 10.2 Å². The summed E-state index contributed by atoms with van der Waals surface area (Å²) in [5, 5.41) is 2.88. The Bertz CT molecular complexity index is 777. The van der Waals surface area contributed by atoms with Crippen molar-refractivity contribution in [2.24, 2.45) is 0 Å². The second kappa shape index (κ2) is 7.43. The van der Waals surface area contributed by atoms with Crippen molar-refractivity contribution in [1.29, 1.82) is 0 Å². The lowest BCUT2D eigenvalue weighted by Gasteiger charge is -2.23. The van der Waals surface area contributed by atoms with Gasteiger partial charge in [0.2, 0.25) is 5.44 Å². The number of nitrogens with one attached hydrogen (secondary N) is 1. The number of hydrogen-bond acceptors (Lipinski definition) is 5. The molecule has 23 heavy (non-hydrogen) atoms. The summed E-state index contributed by atoms with van der Waals surface area (Å²) in [5.41, 5.74) is -0.441. The number of hydrogen-bond donors (Lipinski definition) is 1. The molecule has 1 atom stereocenters. The number of benzene rings is 1. The van der Waals surface area contributed by atoms with E-state index in [1.807, 2.05) is 32.2 Å². The van der Waals surface area contributed by atoms with Gasteiger partial charge >= 0.3 is 0 Å². The van der Waals surface area contributed by atoms with Crippen LogP contribution in [0, 0.1) is 11.8 Å². The Kier molecular flexibility index (Phi) is 5.79. The Hall–Kier alpha value is -1.42. The van der Waals surface area contributed by atoms with Gasteiger partial charge in [0.25, 0.3) is 5.91 Å². The summed E-state index contributed by atoms with van der Waals surface area (Å²) in [7, 11) is 0. The molecule has 1 unspecified atom stereocenters. The lowest BCUT2D eigenvalue weighted by atomic mass is 10.1. The Labute approximate surface area is 149 Å². The number of carbonyl (C=O) groups excluding carboxylic acids is 1. The maximum Gasteiger partial charge on any atom is 0.272 e. The molecule has 1 aromatic carbocycles. The van der Waals surface area contributed by atoms with Crippen LogP contribution in [-0.4, -0.2) is 28.1 Å². The zero-order valence-corrected chi connectivity index (χ0v) is 15.7. The number of thiazole rings is 1. The highest BCUT2D eigenvalue weighted by molar-refractivity contribution is 7.99. The van der Waals surface area contributed by atoms with Crippen LogP contribution in [0.4, 0.5) is 0 Å². The van der Waals surface area contributed by atoms with Crippen molar-refractivity contribution in [3.8, 4) is 17.6 Å². The van der Waals surface area contributed by atoms with Gasteiger partial charge in [-0.15, -0.1) is 29.0 Å². The quantitative estimate of drug-likeness (QED) is 0.641. The Morgan fingerprint density at radius 3 is 2.91 bits per heavy atom. The van der Waals surface area contributed by atoms with Crippen molar-refractivity contribution in [3.63, 3.8) is 0 Å². The van der Waals surface area contributed by atoms with Crippen molar-refractivity contribution in [2.45, 2.75) is 31.7 Å². The number of carbonyl (C=O) groups is 1. The third kappa shape index (κ3) is 4.77. The predicted octanol–water partition coefficient (Wildman–Crippen LogP) is 3.94. The fourth-order valence-electron chi connectivity index (χ4n) is 1.99. The lowest BCUT2D eigenvalue weighted by Crippen LogP contribution is -2.47. The van der Waals surface area contributed by atoms with Crippen molar-refractivity contribution < 1.29 is 9.53 Å². The van der Waals surface area contributed by atoms with Crippen LogP contribution in [0.3, 0.4) is 0 Å². The number of rotatable bonds is 5. The van der Waals surface area contributed by atoms with Crippen LogP contribution in [0.15, 0.2) is 18.2 Å². The highest BCUT2D eigenvalue weighted by Crippen LogP contribution is 2.30. The van der Waals surface area contributed by atoms with Gasteiger partial charge in [-0.3, -0.25) is 4.79 Å². The number of amides is 1. The molecule has 1 N–H and O–H groups in total. The molecular formula is C16H17ClN2O2S2. The van der Waals surface area contributed by atoms with Crippen molar-refractivity contribution in [3.05, 3.63) is 22.7 Å². The van der Waals surface area contributed by atoms with E-state index >= 15 is 0 Å². The van der Waals surface area contributed by atoms with Gasteiger partial charge in [-0.2, -0.15) is 0 Å². The molecule has 0 radical (unpaired) electrons. The summed E-state index contributed by atoms with van der Waals surface area (Å²) in [4.78, 5) is 16.6. The monoisotopic (exact) mass is 368 g/mol. The lowest BCUT2D eigenvalue weighted by molar-refractivity contribution is -0.125. The van der Waals surface area contributed by atoms with Crippen LogP contribution in [0.25, 0.3) is 10.2 Å². The molecule has 1 aromatic heterocycles. The van der Waals surface area contributed by atoms with Gasteiger partial charge in [-0.05, 0) is 45.2 Å². The molecule has 4 nitrogen and oxygen atoms in total. The van der Waals surface area contributed by atoms with E-state index in [4.69, 9.17) is 16.3 Å². The summed E-state index contributed by atoms with van der Waals surface area (Å²) < 4.78 is 7.21. The largest absolute Gasteiger partial charge is 0.470 e. The van der Waals surface area contributed by atoms with Gasteiger partial charge in [-0.25, -0.2) is 4.98 Å². The summed E-state index contributed by atoms with van der Waals surface area (Å²) in [6.07, 6.45) is 1.82. The van der Waals surface area contributed by atoms with Crippen LogP contribution in [0.2, 0.25) is 4.47 Å². The van der Waals surface area contributed by atoms with Crippen LogP contribution in [0.1, 0.15) is 20.8 Å². The van der Waals surface area contributed by atoms with E-state index in [0.29, 0.717) is 10.2 Å². The normalized spacial score (nSPS) is 12.4. The van der Waals surface area contributed by atoms with E-state index in [9.17, 15) is 4.79 Å². The molecule has 1 heterocycles. The standard InChI is InChI=1S/C16H17ClN2O2S2/c1-5-8-16(2,3)19-13(20)14(22-4)21-10-6-7-11-12(9-10)23-15(17)18-11/h6-7,9,14H,1-4H3,(H,19,20). The first-order chi connectivity index (χ1) is 10.8. The molecular weight excluding hydrogens is 352 g/mol. The average molecular weight is 369 g/mol. The molecule has 0 bridgehead atoms. The second-order valence-electron chi connectivity index (χ2n) is 5.27. The molecule has 1 amide bonds. The Morgan fingerprint density at radius 2 is 2.26 bits per heavy atom. The first-order valence-corrected chi connectivity index (χ1v) is 9.34. The summed E-state index contributed by atoms with van der Waals surface area (Å²) >= 11 is 8.60. The van der Waals surface area contributed by atoms with Gasteiger partial charge in [0.15, 0.2) is 4.47 Å². The topological polar surface area (TPSA) is 51.2 Å². The molecule has 2 rings (SSSR count). The van der Waals surface area contributed by atoms with Gasteiger partial charge in [0, 0.05) is 0 Å². The molecule has 0 fully saturated rings. The van der Waals surface area contributed by atoms with Gasteiger partial charge in [-0.1, -0.05) is 17.5 Å². The van der Waals surface area contributed by atoms with Crippen molar-refractivity contribution in [2.75, 3.05) is 6.26 Å². The average Bonchev–Trinajstić information content (AvgIpc) is 2.83. The summed E-state index contributed by atoms with van der Waals surface area (Å²) in [6, 6.07) is 5.45. The van der Waals surface area contributed by atoms with E-state index in [2.05, 4.69) is 22.1 Å². The second-order valence-corrected chi connectivity index (χ2v) is 7.78. The minimum atomic E-state index is -0.659. The smallest absolute Gasteiger partial charge is 0.272 e. The molecule has 0 aliphatic carbocycles. The number of nitrogens with zero attached hydrogens (tertiary/aromatic N) is 1. The van der Waals surface area contributed by atoms with Gasteiger partial charge < -0.3 is 10.1 Å². The maximum atomic E-state index is 12.4. The molecule has 7 heteroatoms. The predicted molar refractivity (Wildman–Crippen MR) is 98.2 cm³/mol. The first-order valence-electron chi connectivity index (χ1n) is 6.86. The van der Waals surface area contributed by atoms with Crippen LogP contribution in [-0.2, 0) is 4.79 Å². The fourth-order valence-corrected chi connectivity index (χ4v) is 3.53. The maximum absolute atomic E-state index is 12.4. The zero-order chi connectivity index (χ0) is 17.0. The zero-order valence-electron chi connectivity index (χ0n) is 13.3. The summed E-state index contributed by atoms with van der Waals surface area (Å²) in [6.45, 7) is 5.44. The van der Waals surface area contributed by atoms with Crippen molar-refractivity contribution >= 4 is 50.8 Å². The molecule has 0 saturated carbocycles.